The molecule has 1 rings (SSSR count). The lowest BCUT2D eigenvalue weighted by atomic mass is 10.3. The first-order chi connectivity index (χ1) is 16.4. The normalized spacial score (nSPS) is 14.0. The maximum absolute atomic E-state index is 13.9. The second kappa shape index (κ2) is 10.7. The second-order valence-corrected chi connectivity index (χ2v) is 13.9. The summed E-state index contributed by atoms with van der Waals surface area (Å²) < 4.78 is 148. The minimum Gasteiger partial charge on any atom is -0.459 e. The Bertz CT molecular complexity index is 1260. The van der Waals surface area contributed by atoms with Crippen molar-refractivity contribution in [3.05, 3.63) is 36.4 Å². The van der Waals surface area contributed by atoms with Crippen LogP contribution in [0.15, 0.2) is 41.3 Å². The molecular weight excluding hydrogens is 586 g/mol. The van der Waals surface area contributed by atoms with Crippen LogP contribution in [0, 0.1) is 0 Å². The minimum atomic E-state index is -7.18. The Morgan fingerprint density at radius 2 is 1.35 bits per heavy atom. The van der Waals surface area contributed by atoms with Gasteiger partial charge in [-0.15, -0.1) is 10.0 Å². The molecule has 212 valence electrons. The number of rotatable bonds is 11. The first-order valence-electron chi connectivity index (χ1n) is 9.31. The molecule has 0 aliphatic rings. The molecule has 1 aromatic rings. The molecule has 0 saturated carbocycles. The van der Waals surface area contributed by atoms with Crippen molar-refractivity contribution >= 4 is 41.5 Å². The molecule has 0 bridgehead atoms. The first-order valence-corrected chi connectivity index (χ1v) is 14.6. The van der Waals surface area contributed by atoms with Crippen molar-refractivity contribution in [1.82, 2.24) is 0 Å². The van der Waals surface area contributed by atoms with Gasteiger partial charge in [-0.25, -0.2) is 9.59 Å². The predicted octanol–water partition coefficient (Wildman–Crippen LogP) is 3.78. The average Bonchev–Trinajstić information content (AvgIpc) is 2.75. The summed E-state index contributed by atoms with van der Waals surface area (Å²) in [6, 6.07) is 3.18. The lowest BCUT2D eigenvalue weighted by molar-refractivity contribution is -0.247. The van der Waals surface area contributed by atoms with Crippen LogP contribution in [0.25, 0.3) is 0 Å². The van der Waals surface area contributed by atoms with Crippen molar-refractivity contribution in [1.29, 1.82) is 0 Å². The molecule has 0 aliphatic carbocycles. The van der Waals surface area contributed by atoms with E-state index in [0.29, 0.717) is 12.1 Å². The van der Waals surface area contributed by atoms with Crippen molar-refractivity contribution in [3.63, 3.8) is 0 Å². The van der Waals surface area contributed by atoms with E-state index in [1.54, 1.807) is 0 Å². The number of halogens is 6. The summed E-state index contributed by atoms with van der Waals surface area (Å²) in [5.41, 5.74) is 0.107. The van der Waals surface area contributed by atoms with Crippen molar-refractivity contribution in [3.8, 4) is 5.75 Å². The van der Waals surface area contributed by atoms with Crippen LogP contribution in [-0.2, 0) is 34.5 Å². The fourth-order valence-electron chi connectivity index (χ4n) is 2.13. The van der Waals surface area contributed by atoms with E-state index in [1.165, 1.54) is 19.4 Å². The molecule has 0 spiro atoms. The molecule has 0 fully saturated rings. The first kappa shape index (κ1) is 32.5. The van der Waals surface area contributed by atoms with Crippen molar-refractivity contribution in [2.75, 3.05) is 25.7 Å². The van der Waals surface area contributed by atoms with Gasteiger partial charge in [-0.3, -0.25) is 4.55 Å². The van der Waals surface area contributed by atoms with E-state index in [0.717, 1.165) is 12.1 Å². The van der Waals surface area contributed by atoms with Crippen LogP contribution in [0.5, 0.6) is 5.75 Å². The summed E-state index contributed by atoms with van der Waals surface area (Å²) in [5.74, 6) is -8.97. The zero-order valence-electron chi connectivity index (χ0n) is 19.0. The van der Waals surface area contributed by atoms with Gasteiger partial charge in [0.25, 0.3) is 0 Å². The van der Waals surface area contributed by atoms with E-state index in [1.807, 2.05) is 0 Å². The molecule has 37 heavy (non-hydrogen) atoms. The highest BCUT2D eigenvalue weighted by molar-refractivity contribution is 8.44. The molecule has 0 aliphatic heterocycles. The number of carbonyl (C=O) groups excluding carboxylic acids is 2. The summed E-state index contributed by atoms with van der Waals surface area (Å²) in [6.07, 6.45) is 2.79. The van der Waals surface area contributed by atoms with E-state index in [4.69, 9.17) is 14.0 Å². The van der Waals surface area contributed by atoms with E-state index in [-0.39, 0.29) is 23.7 Å². The van der Waals surface area contributed by atoms with Crippen LogP contribution < -0.4 is 4.18 Å². The second-order valence-electron chi connectivity index (χ2n) is 7.43. The minimum absolute atomic E-state index is 0.107. The number of benzene rings is 1. The van der Waals surface area contributed by atoms with Crippen molar-refractivity contribution in [2.45, 2.75) is 28.3 Å². The Morgan fingerprint density at radius 1 is 0.892 bits per heavy atom. The largest absolute Gasteiger partial charge is 0.459 e. The number of carbonyl (C=O) groups is 2. The van der Waals surface area contributed by atoms with Gasteiger partial charge in [-0.05, 0) is 48.6 Å². The highest BCUT2D eigenvalue weighted by Crippen LogP contribution is 2.52. The number of hydrogen-bond donors (Lipinski definition) is 1. The monoisotopic (exact) mass is 606 g/mol. The molecule has 10 nitrogen and oxygen atoms in total. The van der Waals surface area contributed by atoms with Gasteiger partial charge in [0.2, 0.25) is 0 Å². The Morgan fingerprint density at radius 3 is 1.78 bits per heavy atom. The van der Waals surface area contributed by atoms with Gasteiger partial charge in [0, 0.05) is 5.57 Å². The van der Waals surface area contributed by atoms with Crippen LogP contribution in [0.4, 0.5) is 31.1 Å². The van der Waals surface area contributed by atoms with E-state index >= 15 is 0 Å². The van der Waals surface area contributed by atoms with Gasteiger partial charge in [-0.1, -0.05) is 6.58 Å². The lowest BCUT2D eigenvalue weighted by Crippen LogP contribution is -2.61. The third-order valence-electron chi connectivity index (χ3n) is 4.29. The Kier molecular flexibility index (Phi) is 9.40. The SMILES string of the molecule is C=C(C)C(=O)OCCOC(=O)S(C)(C)c1ccc(OS(=O)(=O)C(F)(F)C(F)(F)C(F)(F)S(=O)(=O)O)cc1. The van der Waals surface area contributed by atoms with Gasteiger partial charge >= 0.3 is 47.9 Å². The van der Waals surface area contributed by atoms with E-state index in [2.05, 4.69) is 10.8 Å². The van der Waals surface area contributed by atoms with Crippen LogP contribution in [-0.4, -0.2) is 74.8 Å². The molecular formula is C18H20F6O10S3. The molecule has 0 amide bonds. The smallest absolute Gasteiger partial charge is 0.450 e. The number of alkyl halides is 6. The zero-order valence-corrected chi connectivity index (χ0v) is 21.5. The maximum atomic E-state index is 13.9. The molecule has 0 atom stereocenters. The molecule has 0 radical (unpaired) electrons. The molecule has 1 N–H and O–H groups in total. The Hall–Kier alpha value is -2.51. The predicted molar refractivity (Wildman–Crippen MR) is 117 cm³/mol. The van der Waals surface area contributed by atoms with E-state index in [9.17, 15) is 52.8 Å². The summed E-state index contributed by atoms with van der Waals surface area (Å²) in [5, 5.41) is -14.5. The highest BCUT2D eigenvalue weighted by atomic mass is 32.3. The van der Waals surface area contributed by atoms with Gasteiger partial charge < -0.3 is 13.7 Å². The summed E-state index contributed by atoms with van der Waals surface area (Å²) >= 11 is 0. The van der Waals surface area contributed by atoms with Crippen LogP contribution in [0.2, 0.25) is 0 Å². The maximum Gasteiger partial charge on any atom is 0.450 e. The Labute approximate surface area is 208 Å². The molecule has 1 aromatic carbocycles. The van der Waals surface area contributed by atoms with Crippen molar-refractivity contribution < 1.29 is 71.0 Å². The van der Waals surface area contributed by atoms with Crippen LogP contribution in [0.3, 0.4) is 0 Å². The molecule has 0 saturated heterocycles. The fourth-order valence-corrected chi connectivity index (χ4v) is 4.94. The molecule has 0 heterocycles. The average molecular weight is 607 g/mol. The van der Waals surface area contributed by atoms with Crippen LogP contribution in [0.1, 0.15) is 6.92 Å². The van der Waals surface area contributed by atoms with E-state index < -0.39 is 63.7 Å². The van der Waals surface area contributed by atoms with Gasteiger partial charge in [-0.2, -0.15) is 43.2 Å². The summed E-state index contributed by atoms with van der Waals surface area (Å²) in [6.45, 7) is 4.10. The van der Waals surface area contributed by atoms with Gasteiger partial charge in [0.15, 0.2) is 0 Å². The quantitative estimate of drug-likeness (QED) is 0.0984. The van der Waals surface area contributed by atoms with Gasteiger partial charge in [0.1, 0.15) is 19.0 Å². The lowest BCUT2D eigenvalue weighted by Gasteiger charge is -2.30. The number of esters is 1. The third kappa shape index (κ3) is 6.50. The fraction of sp³-hybridized carbons (Fsp3) is 0.444. The highest BCUT2D eigenvalue weighted by Gasteiger charge is 2.83. The van der Waals surface area contributed by atoms with Crippen LogP contribution >= 0.6 is 10.0 Å². The Balaban J connectivity index is 3.06. The third-order valence-corrected chi connectivity index (χ3v) is 8.89. The molecule has 0 aromatic heterocycles. The molecule has 0 unspecified atom stereocenters. The number of ether oxygens (including phenoxy) is 2. The molecule has 19 heteroatoms. The topological polar surface area (TPSA) is 150 Å². The zero-order chi connectivity index (χ0) is 29.3. The van der Waals surface area contributed by atoms with Gasteiger partial charge in [0.05, 0.1) is 0 Å². The van der Waals surface area contributed by atoms with Crippen molar-refractivity contribution in [2.24, 2.45) is 0 Å². The summed E-state index contributed by atoms with van der Waals surface area (Å²) in [4.78, 5) is 23.8. The summed E-state index contributed by atoms with van der Waals surface area (Å²) in [7, 11) is -16.6. The number of hydrogen-bond acceptors (Lipinski definition) is 9. The standard InChI is InChI=1S/C18H20F6O10S3/c1-11(2)14(25)32-9-10-33-15(26)35(3,4)13-7-5-12(6-8-13)34-37(30,31)18(23,24)16(19,20)17(21,22)36(27,28)29/h5-8H,1,9-10H2,2-4H3,(H,27,28,29).